The number of alkyl halides is 3. The number of ether oxygens (including phenoxy) is 1. The van der Waals surface area contributed by atoms with E-state index in [0.29, 0.717) is 13.1 Å². The van der Waals surface area contributed by atoms with E-state index in [2.05, 4.69) is 27.4 Å². The lowest BCUT2D eigenvalue weighted by molar-refractivity contribution is -0.144. The number of methoxy groups -OCH3 is 1. The van der Waals surface area contributed by atoms with Gasteiger partial charge in [0.1, 0.15) is 5.75 Å². The van der Waals surface area contributed by atoms with Crippen molar-refractivity contribution in [3.8, 4) is 5.75 Å². The lowest BCUT2D eigenvalue weighted by Gasteiger charge is -2.48. The van der Waals surface area contributed by atoms with Gasteiger partial charge in [-0.25, -0.2) is 14.8 Å². The van der Waals surface area contributed by atoms with Crippen molar-refractivity contribution in [3.05, 3.63) is 83.9 Å². The van der Waals surface area contributed by atoms with Crippen molar-refractivity contribution >= 4 is 11.7 Å². The molecule has 1 aliphatic carbocycles. The smallest absolute Gasteiger partial charge is 0.451 e. The molecule has 1 saturated heterocycles. The number of urea groups is 1. The van der Waals surface area contributed by atoms with Crippen LogP contribution in [0.1, 0.15) is 42.6 Å². The van der Waals surface area contributed by atoms with E-state index in [4.69, 9.17) is 4.74 Å². The maximum absolute atomic E-state index is 13.8. The minimum Gasteiger partial charge on any atom is -0.497 e. The van der Waals surface area contributed by atoms with Crippen molar-refractivity contribution in [1.29, 1.82) is 0 Å². The minimum atomic E-state index is -4.65. The zero-order valence-electron chi connectivity index (χ0n) is 21.3. The second-order valence-corrected chi connectivity index (χ2v) is 9.99. The predicted molar refractivity (Wildman–Crippen MR) is 137 cm³/mol. The fourth-order valence-electron chi connectivity index (χ4n) is 5.76. The Morgan fingerprint density at radius 1 is 0.974 bits per heavy atom. The van der Waals surface area contributed by atoms with Crippen molar-refractivity contribution in [2.45, 2.75) is 49.5 Å². The monoisotopic (exact) mass is 525 g/mol. The highest BCUT2D eigenvalue weighted by molar-refractivity contribution is 5.95. The molecule has 38 heavy (non-hydrogen) atoms. The third-order valence-corrected chi connectivity index (χ3v) is 8.03. The molecule has 2 aliphatic rings. The molecule has 1 aromatic heterocycles. The van der Waals surface area contributed by atoms with Crippen molar-refractivity contribution in [2.75, 3.05) is 25.6 Å². The van der Waals surface area contributed by atoms with E-state index in [1.54, 1.807) is 7.11 Å². The Hall–Kier alpha value is -3.66. The molecule has 7 nitrogen and oxygen atoms in total. The van der Waals surface area contributed by atoms with E-state index in [9.17, 15) is 18.0 Å². The molecule has 1 N–H and O–H groups in total. The van der Waals surface area contributed by atoms with Gasteiger partial charge in [0.15, 0.2) is 0 Å². The lowest BCUT2D eigenvalue weighted by Crippen LogP contribution is -2.54. The first-order valence-corrected chi connectivity index (χ1v) is 12.6. The fourth-order valence-corrected chi connectivity index (χ4v) is 5.76. The van der Waals surface area contributed by atoms with Gasteiger partial charge in [-0.2, -0.15) is 13.2 Å². The third-order valence-electron chi connectivity index (χ3n) is 8.03. The van der Waals surface area contributed by atoms with Crippen LogP contribution in [0.5, 0.6) is 5.75 Å². The highest BCUT2D eigenvalue weighted by Crippen LogP contribution is 2.48. The zero-order valence-corrected chi connectivity index (χ0v) is 21.3. The summed E-state index contributed by atoms with van der Waals surface area (Å²) in [4.78, 5) is 24.2. The van der Waals surface area contributed by atoms with Gasteiger partial charge in [0.2, 0.25) is 5.82 Å². The molecule has 3 aromatic rings. The Kier molecular flexibility index (Phi) is 6.77. The largest absolute Gasteiger partial charge is 0.497 e. The van der Waals surface area contributed by atoms with Crippen molar-refractivity contribution in [1.82, 2.24) is 20.2 Å². The van der Waals surface area contributed by atoms with Gasteiger partial charge in [-0.1, -0.05) is 42.5 Å². The highest BCUT2D eigenvalue weighted by Gasteiger charge is 2.54. The second-order valence-electron chi connectivity index (χ2n) is 9.99. The maximum atomic E-state index is 13.8. The number of nitrogens with zero attached hydrogens (tertiary/aromatic N) is 4. The van der Waals surface area contributed by atoms with E-state index in [1.165, 1.54) is 10.5 Å². The number of rotatable bonds is 6. The maximum Gasteiger partial charge on any atom is 0.451 e. The number of anilines is 1. The molecule has 10 heteroatoms. The number of carbonyl (C=O) groups is 1. The number of amides is 2. The van der Waals surface area contributed by atoms with Crippen LogP contribution in [-0.4, -0.2) is 47.1 Å². The van der Waals surface area contributed by atoms with Crippen LogP contribution in [0.2, 0.25) is 0 Å². The van der Waals surface area contributed by atoms with Crippen molar-refractivity contribution in [3.63, 3.8) is 0 Å². The Bertz CT molecular complexity index is 1260. The minimum absolute atomic E-state index is 0.216. The summed E-state index contributed by atoms with van der Waals surface area (Å²) in [5.41, 5.74) is 1.70. The van der Waals surface area contributed by atoms with Gasteiger partial charge in [-0.05, 0) is 56.0 Å². The van der Waals surface area contributed by atoms with Gasteiger partial charge >= 0.3 is 12.2 Å². The van der Waals surface area contributed by atoms with E-state index in [0.717, 1.165) is 49.4 Å². The van der Waals surface area contributed by atoms with Gasteiger partial charge < -0.3 is 15.0 Å². The number of carbonyl (C=O) groups excluding carboxylic acids is 1. The molecule has 1 spiro atoms. The molecule has 200 valence electrons. The van der Waals surface area contributed by atoms with Crippen LogP contribution in [-0.2, 0) is 18.3 Å². The summed E-state index contributed by atoms with van der Waals surface area (Å²) in [6.45, 7) is 0.726. The first-order chi connectivity index (χ1) is 18.2. The van der Waals surface area contributed by atoms with E-state index in [1.807, 2.05) is 54.4 Å². The molecule has 5 rings (SSSR count). The normalized spacial score (nSPS) is 23.8. The summed E-state index contributed by atoms with van der Waals surface area (Å²) in [7, 11) is 3.56. The van der Waals surface area contributed by atoms with Crippen LogP contribution >= 0.6 is 0 Å². The Labute approximate surface area is 219 Å². The molecule has 0 radical (unpaired) electrons. The summed E-state index contributed by atoms with van der Waals surface area (Å²) in [5, 5.41) is 3.53. The van der Waals surface area contributed by atoms with Crippen LogP contribution in [0.4, 0.5) is 23.7 Å². The molecule has 0 unspecified atom stereocenters. The molecule has 0 bridgehead atoms. The average molecular weight is 526 g/mol. The number of halogens is 3. The first-order valence-electron chi connectivity index (χ1n) is 12.6. The molecule has 1 saturated carbocycles. The third kappa shape index (κ3) is 4.69. The average Bonchev–Trinajstić information content (AvgIpc) is 3.20. The molecule has 2 fully saturated rings. The molecular formula is C28H30F3N5O2. The van der Waals surface area contributed by atoms with Gasteiger partial charge in [0, 0.05) is 12.1 Å². The number of nitrogens with one attached hydrogen (secondary N) is 1. The highest BCUT2D eigenvalue weighted by atomic mass is 19.4. The lowest BCUT2D eigenvalue weighted by atomic mass is 9.69. The molecule has 2 amide bonds. The number of hydrogen-bond donors (Lipinski definition) is 1. The zero-order chi connectivity index (χ0) is 27.0. The van der Waals surface area contributed by atoms with E-state index >= 15 is 0 Å². The summed E-state index contributed by atoms with van der Waals surface area (Å²) in [5.74, 6) is -0.504. The van der Waals surface area contributed by atoms with Crippen molar-refractivity contribution in [2.24, 2.45) is 0 Å². The molecule has 2 heterocycles. The second kappa shape index (κ2) is 9.90. The van der Waals surface area contributed by atoms with Crippen LogP contribution in [0.25, 0.3) is 0 Å². The van der Waals surface area contributed by atoms with E-state index < -0.39 is 17.5 Å². The van der Waals surface area contributed by atoms with Gasteiger partial charge in [-0.15, -0.1) is 0 Å². The van der Waals surface area contributed by atoms with Crippen LogP contribution in [0.3, 0.4) is 0 Å². The fraction of sp³-hybridized carbons (Fsp3) is 0.393. The summed E-state index contributed by atoms with van der Waals surface area (Å²) < 4.78 is 44.4. The number of hydrogen-bond acceptors (Lipinski definition) is 5. The Morgan fingerprint density at radius 3 is 2.16 bits per heavy atom. The van der Waals surface area contributed by atoms with Gasteiger partial charge in [0.25, 0.3) is 0 Å². The van der Waals surface area contributed by atoms with Gasteiger partial charge in [-0.3, -0.25) is 4.90 Å². The predicted octanol–water partition coefficient (Wildman–Crippen LogP) is 5.37. The first kappa shape index (κ1) is 26.0. The molecule has 2 aromatic carbocycles. The molecule has 0 atom stereocenters. The summed E-state index contributed by atoms with van der Waals surface area (Å²) >= 11 is 0. The SMILES string of the molecule is CNC1(c2ccccc2)CCC2(CC1)CN(c1cnc(C(F)(F)F)nc1)C(=O)N2Cc1ccc(OC)cc1. The van der Waals surface area contributed by atoms with Crippen LogP contribution in [0, 0.1) is 0 Å². The Balaban J connectivity index is 1.46. The molecular weight excluding hydrogens is 495 g/mol. The Morgan fingerprint density at radius 2 is 1.61 bits per heavy atom. The summed E-state index contributed by atoms with van der Waals surface area (Å²) in [6, 6.07) is 17.6. The number of aromatic nitrogens is 2. The van der Waals surface area contributed by atoms with Crippen LogP contribution in [0.15, 0.2) is 67.0 Å². The van der Waals surface area contributed by atoms with E-state index in [-0.39, 0.29) is 17.3 Å². The topological polar surface area (TPSA) is 70.6 Å². The standard InChI is InChI=1S/C28H30F3N5O2/c1-32-27(21-6-4-3-5-7-21)14-12-26(13-15-27)19-35(22-16-33-24(34-17-22)28(29,30)31)25(37)36(26)18-20-8-10-23(38-2)11-9-20/h3-11,16-17,32H,12-15,18-19H2,1-2H3. The van der Waals surface area contributed by atoms with Gasteiger partial charge in [0.05, 0.1) is 37.3 Å². The quantitative estimate of drug-likeness (QED) is 0.468. The summed E-state index contributed by atoms with van der Waals surface area (Å²) in [6.07, 6.45) is 0.582. The van der Waals surface area contributed by atoms with Crippen molar-refractivity contribution < 1.29 is 22.7 Å². The number of benzene rings is 2. The molecule has 1 aliphatic heterocycles. The van der Waals surface area contributed by atoms with Crippen LogP contribution < -0.4 is 15.0 Å².